The Balaban J connectivity index is 0.000000731. The number of hydrogen-bond acceptors (Lipinski definition) is 6. The van der Waals surface area contributed by atoms with Gasteiger partial charge in [0.1, 0.15) is 0 Å². The van der Waals surface area contributed by atoms with Crippen molar-refractivity contribution in [1.82, 2.24) is 39.9 Å². The minimum atomic E-state index is -4.20. The first-order chi connectivity index (χ1) is 45.6. The Hall–Kier alpha value is -7.96. The number of benzene rings is 9. The second-order valence-electron chi connectivity index (χ2n) is 36.2. The molecule has 0 saturated carbocycles. The van der Waals surface area contributed by atoms with Crippen LogP contribution in [0.4, 0.5) is 13.2 Å². The summed E-state index contributed by atoms with van der Waals surface area (Å²) in [5.74, 6) is 2.16. The summed E-state index contributed by atoms with van der Waals surface area (Å²) >= 11 is 0.853. The van der Waals surface area contributed by atoms with E-state index in [0.29, 0.717) is 45.9 Å². The van der Waals surface area contributed by atoms with E-state index in [9.17, 15) is 13.2 Å². The summed E-state index contributed by atoms with van der Waals surface area (Å²) in [5, 5.41) is 12.7. The molecular weight excluding hydrogens is 1330 g/mol. The van der Waals surface area contributed by atoms with Crippen LogP contribution >= 0.6 is 0 Å². The van der Waals surface area contributed by atoms with Crippen molar-refractivity contribution in [3.05, 3.63) is 171 Å². The van der Waals surface area contributed by atoms with Gasteiger partial charge in [-0.15, -0.1) is 0 Å². The predicted molar refractivity (Wildman–Crippen MR) is 410 cm³/mol. The van der Waals surface area contributed by atoms with E-state index < -0.39 is 11.7 Å². The first-order valence-electron chi connectivity index (χ1n) is 34.7. The van der Waals surface area contributed by atoms with Gasteiger partial charge in [0.05, 0.1) is 23.3 Å². The molecule has 12 aromatic rings. The van der Waals surface area contributed by atoms with Gasteiger partial charge in [0, 0.05) is 44.8 Å². The molecule has 99 heavy (non-hydrogen) atoms. The van der Waals surface area contributed by atoms with Gasteiger partial charge < -0.3 is 29.9 Å². The van der Waals surface area contributed by atoms with Gasteiger partial charge in [-0.05, 0) is 201 Å². The Morgan fingerprint density at radius 2 is 0.495 bits per heavy atom. The van der Waals surface area contributed by atoms with Crippen LogP contribution in [0.3, 0.4) is 0 Å². The molecule has 0 atom stereocenters. The molecule has 0 fully saturated rings. The van der Waals surface area contributed by atoms with Crippen molar-refractivity contribution in [2.45, 2.75) is 216 Å². The molecule has 9 aromatic carbocycles. The number of fused-ring (bicyclic) bond motifs is 24. The maximum absolute atomic E-state index is 11.9. The van der Waals surface area contributed by atoms with Crippen molar-refractivity contribution in [1.29, 1.82) is 0 Å². The Morgan fingerprint density at radius 1 is 0.253 bits per heavy atom. The van der Waals surface area contributed by atoms with Crippen LogP contribution in [0, 0.1) is 0 Å². The number of hydrogen-bond donors (Lipinski definition) is 0. The van der Waals surface area contributed by atoms with Crippen molar-refractivity contribution >= 4 is 115 Å². The van der Waals surface area contributed by atoms with Crippen molar-refractivity contribution in [2.75, 3.05) is 0 Å². The van der Waals surface area contributed by atoms with E-state index >= 15 is 0 Å². The van der Waals surface area contributed by atoms with Crippen LogP contribution in [-0.4, -0.2) is 54.3 Å². The van der Waals surface area contributed by atoms with E-state index in [4.69, 9.17) is 39.9 Å². The van der Waals surface area contributed by atoms with Crippen molar-refractivity contribution in [3.63, 3.8) is 0 Å². The molecule has 506 valence electrons. The first kappa shape index (κ1) is 69.5. The SMILES string of the molecule is CC(C)(C)c1cc(C(C)(C)C)c2cc3c(cc2c1)-c1nc-3nc2[n-]c(nc3nc(nc4[n-]c(n1)c1cc5c(C(C)(C)C)cc(C(C)(C)C)cc5cc41)-c1cc4c(C(C)(C)C)cc(C(C)(C)C)cc4cc1-3)c1cc3c(C(C)(C)C)cc(C(C)(C)C)cc3cc21.FC(F)(F)c1cc[c]([In])cc1. The first-order valence-corrected chi connectivity index (χ1v) is 36.4. The summed E-state index contributed by atoms with van der Waals surface area (Å²) in [5.41, 5.74) is 14.3. The molecule has 3 aromatic heterocycles. The van der Waals surface area contributed by atoms with E-state index in [1.165, 1.54) is 56.6 Å². The Labute approximate surface area is 596 Å². The molecule has 2 radical (unpaired) electrons. The fourth-order valence-corrected chi connectivity index (χ4v) is 14.5. The minimum absolute atomic E-state index is 0.0930. The third kappa shape index (κ3) is 13.0. The Morgan fingerprint density at radius 3 is 0.747 bits per heavy atom. The fraction of sp³-hybridized carbons (Fsp3) is 0.379. The van der Waals surface area contributed by atoms with Crippen LogP contribution in [0.1, 0.15) is 216 Å². The molecule has 8 bridgehead atoms. The molecule has 2 aliphatic rings. The van der Waals surface area contributed by atoms with Crippen LogP contribution in [0.25, 0.3) is 133 Å². The fourth-order valence-electron chi connectivity index (χ4n) is 14.0. The average Bonchev–Trinajstić information content (AvgIpc) is 1.65. The van der Waals surface area contributed by atoms with Crippen LogP contribution < -0.4 is 13.3 Å². The van der Waals surface area contributed by atoms with E-state index in [0.717, 1.165) is 127 Å². The standard InChI is InChI=1S/C80H88N8.C7H4F3.In/c1-73(2,3)45-25-41-29-53-57(37-49(41)61(33-45)77(13,14)15)69-81-65(53)85-70-58-38-50-42(26-46(74(4,5)6)34-62(50)78(16,17)18)30-54(58)67(82-70)87-72-60-40-52-44(28-48(76(10,11)12)36-64(52)80(22,23)24)32-56(60)68(84-72)88-71-59-39-51-43(31-55(59)66(83-71)86-69)27-47(75(7,8)9)35-63(51)79(19,20)21;8-7(9,10)6-4-2-1-3-5-6;/h25-40H,1-24H3;2-5H;/q-2;;. The molecule has 12 heteroatoms. The zero-order valence-corrected chi connectivity index (χ0v) is 65.6. The molecule has 2 aliphatic heterocycles. The number of halogens is 3. The zero-order valence-electron chi connectivity index (χ0n) is 62.3. The zero-order chi connectivity index (χ0) is 71.9. The summed E-state index contributed by atoms with van der Waals surface area (Å²) < 4.78 is 36.8. The van der Waals surface area contributed by atoms with Crippen LogP contribution in [-0.2, 0) is 49.5 Å². The molecule has 0 saturated heterocycles. The van der Waals surface area contributed by atoms with E-state index in [1.807, 2.05) is 0 Å². The number of alkyl halides is 3. The Bertz CT molecular complexity index is 5240. The second-order valence-corrected chi connectivity index (χ2v) is 38.1. The third-order valence-corrected chi connectivity index (χ3v) is 21.0. The van der Waals surface area contributed by atoms with Gasteiger partial charge in [0.25, 0.3) is 0 Å². The summed E-state index contributed by atoms with van der Waals surface area (Å²) in [7, 11) is 0. The third-order valence-electron chi connectivity index (χ3n) is 19.9. The molecule has 14 rings (SSSR count). The van der Waals surface area contributed by atoms with Gasteiger partial charge in [-0.2, -0.15) is 0 Å². The van der Waals surface area contributed by atoms with Crippen LogP contribution in [0.15, 0.2) is 121 Å². The van der Waals surface area contributed by atoms with Gasteiger partial charge in [0.2, 0.25) is 0 Å². The average molecular weight is 1420 g/mol. The molecule has 0 N–H and O–H groups in total. The van der Waals surface area contributed by atoms with E-state index in [2.05, 4.69) is 263 Å². The molecule has 0 unspecified atom stereocenters. The second kappa shape index (κ2) is 23.0. The van der Waals surface area contributed by atoms with Gasteiger partial charge in [-0.1, -0.05) is 215 Å². The summed E-state index contributed by atoms with van der Waals surface area (Å²) in [6, 6.07) is 42.7. The molecule has 8 nitrogen and oxygen atoms in total. The van der Waals surface area contributed by atoms with Crippen molar-refractivity contribution in [2.24, 2.45) is 0 Å². The Kier molecular flexibility index (Phi) is 16.2. The molecule has 5 heterocycles. The number of nitrogens with zero attached hydrogens (tertiary/aromatic N) is 8. The van der Waals surface area contributed by atoms with Crippen molar-refractivity contribution < 1.29 is 13.2 Å². The van der Waals surface area contributed by atoms with Gasteiger partial charge in [-0.3, -0.25) is 0 Å². The van der Waals surface area contributed by atoms with Crippen molar-refractivity contribution in [3.8, 4) is 45.6 Å². The number of aromatic nitrogens is 8. The topological polar surface area (TPSA) is 106 Å². The molecule has 0 amide bonds. The summed E-state index contributed by atoms with van der Waals surface area (Å²) in [4.78, 5) is 44.9. The summed E-state index contributed by atoms with van der Waals surface area (Å²) in [6.07, 6.45) is -4.20. The van der Waals surface area contributed by atoms with Crippen LogP contribution in [0.2, 0.25) is 0 Å². The molecule has 0 aliphatic carbocycles. The van der Waals surface area contributed by atoms with Crippen LogP contribution in [0.5, 0.6) is 0 Å². The monoisotopic (exact) mass is 1420 g/mol. The quantitative estimate of drug-likeness (QED) is 0.148. The normalized spacial score (nSPS) is 13.6. The van der Waals surface area contributed by atoms with E-state index in [-0.39, 0.29) is 43.3 Å². The predicted octanol–water partition coefficient (Wildman–Crippen LogP) is 22.6. The molecule has 0 spiro atoms. The van der Waals surface area contributed by atoms with Gasteiger partial charge in [-0.25, -0.2) is 9.97 Å². The molecular formula is C87H92F3InN8-2. The summed E-state index contributed by atoms with van der Waals surface area (Å²) in [6.45, 7) is 55.2. The van der Waals surface area contributed by atoms with E-state index in [1.54, 1.807) is 0 Å². The maximum atomic E-state index is 11.9. The number of rotatable bonds is 0. The van der Waals surface area contributed by atoms with Gasteiger partial charge >= 0.3 is 76.9 Å². The van der Waals surface area contributed by atoms with Gasteiger partial charge in [0.15, 0.2) is 0 Å².